The minimum atomic E-state index is -0.709. The summed E-state index contributed by atoms with van der Waals surface area (Å²) >= 11 is 0. The number of benzene rings is 2. The van der Waals surface area contributed by atoms with E-state index in [1.165, 1.54) is 0 Å². The maximum atomic E-state index is 13.0. The van der Waals surface area contributed by atoms with Gasteiger partial charge in [0.1, 0.15) is 18.1 Å². The van der Waals surface area contributed by atoms with Gasteiger partial charge in [0, 0.05) is 17.3 Å². The highest BCUT2D eigenvalue weighted by Crippen LogP contribution is 2.36. The average Bonchev–Trinajstić information content (AvgIpc) is 2.73. The third-order valence-electron chi connectivity index (χ3n) is 4.61. The largest absolute Gasteiger partial charge is 0.494 e. The SMILES string of the molecule is CCOc1ccc(C2NC(=O)NC(C)=C2C(=O)OCc2ccccc2)c(OCC)c1. The molecule has 0 radical (unpaired) electrons. The van der Waals surface area contributed by atoms with Crippen LogP contribution in [0.4, 0.5) is 4.79 Å². The molecule has 0 spiro atoms. The van der Waals surface area contributed by atoms with E-state index in [0.717, 1.165) is 5.56 Å². The van der Waals surface area contributed by atoms with E-state index in [4.69, 9.17) is 14.2 Å². The number of carbonyl (C=O) groups is 2. The summed E-state index contributed by atoms with van der Waals surface area (Å²) in [5.41, 5.74) is 2.31. The van der Waals surface area contributed by atoms with Crippen LogP contribution in [-0.4, -0.2) is 25.2 Å². The Kier molecular flexibility index (Phi) is 6.95. The predicted octanol–water partition coefficient (Wildman–Crippen LogP) is 3.86. The quantitative estimate of drug-likeness (QED) is 0.646. The van der Waals surface area contributed by atoms with Crippen LogP contribution >= 0.6 is 0 Å². The molecule has 3 rings (SSSR count). The zero-order valence-corrected chi connectivity index (χ0v) is 17.4. The van der Waals surface area contributed by atoms with Crippen molar-refractivity contribution in [2.45, 2.75) is 33.4 Å². The molecule has 1 aliphatic rings. The number of rotatable bonds is 8. The number of hydrogen-bond acceptors (Lipinski definition) is 5. The molecule has 1 unspecified atom stereocenters. The monoisotopic (exact) mass is 410 g/mol. The normalized spacial score (nSPS) is 15.8. The summed E-state index contributed by atoms with van der Waals surface area (Å²) in [6, 6.07) is 13.7. The molecule has 2 aromatic carbocycles. The number of urea groups is 1. The van der Waals surface area contributed by atoms with Crippen molar-refractivity contribution >= 4 is 12.0 Å². The molecule has 2 N–H and O–H groups in total. The van der Waals surface area contributed by atoms with Crippen molar-refractivity contribution in [3.63, 3.8) is 0 Å². The van der Waals surface area contributed by atoms with Gasteiger partial charge in [0.2, 0.25) is 0 Å². The number of hydrogen-bond donors (Lipinski definition) is 2. The van der Waals surface area contributed by atoms with Crippen molar-refractivity contribution in [2.75, 3.05) is 13.2 Å². The average molecular weight is 410 g/mol. The van der Waals surface area contributed by atoms with Gasteiger partial charge in [-0.1, -0.05) is 30.3 Å². The van der Waals surface area contributed by atoms with Crippen molar-refractivity contribution in [2.24, 2.45) is 0 Å². The van der Waals surface area contributed by atoms with E-state index in [2.05, 4.69) is 10.6 Å². The second-order valence-corrected chi connectivity index (χ2v) is 6.70. The van der Waals surface area contributed by atoms with Gasteiger partial charge >= 0.3 is 12.0 Å². The van der Waals surface area contributed by atoms with Gasteiger partial charge in [-0.3, -0.25) is 0 Å². The maximum Gasteiger partial charge on any atom is 0.338 e. The molecule has 0 aromatic heterocycles. The minimum Gasteiger partial charge on any atom is -0.494 e. The van der Waals surface area contributed by atoms with E-state index in [1.54, 1.807) is 25.1 Å². The first-order valence-electron chi connectivity index (χ1n) is 9.92. The van der Waals surface area contributed by atoms with Gasteiger partial charge < -0.3 is 24.8 Å². The Bertz CT molecular complexity index is 940. The third-order valence-corrected chi connectivity index (χ3v) is 4.61. The van der Waals surface area contributed by atoms with Gasteiger partial charge in [-0.25, -0.2) is 9.59 Å². The van der Waals surface area contributed by atoms with E-state index in [-0.39, 0.29) is 6.61 Å². The van der Waals surface area contributed by atoms with Crippen LogP contribution in [0.3, 0.4) is 0 Å². The smallest absolute Gasteiger partial charge is 0.338 e. The van der Waals surface area contributed by atoms with Gasteiger partial charge in [-0.15, -0.1) is 0 Å². The molecule has 0 saturated carbocycles. The number of carbonyl (C=O) groups excluding carboxylic acids is 2. The van der Waals surface area contributed by atoms with Crippen LogP contribution in [0.2, 0.25) is 0 Å². The molecule has 0 bridgehead atoms. The lowest BCUT2D eigenvalue weighted by Gasteiger charge is -2.29. The lowest BCUT2D eigenvalue weighted by molar-refractivity contribution is -0.140. The van der Waals surface area contributed by atoms with Gasteiger partial charge in [-0.2, -0.15) is 0 Å². The zero-order chi connectivity index (χ0) is 21.5. The number of allylic oxidation sites excluding steroid dienone is 1. The minimum absolute atomic E-state index is 0.138. The molecule has 2 aromatic rings. The first-order chi connectivity index (χ1) is 14.5. The molecule has 2 amide bonds. The number of amides is 2. The Morgan fingerprint density at radius 2 is 1.77 bits per heavy atom. The summed E-state index contributed by atoms with van der Waals surface area (Å²) in [5.74, 6) is 0.681. The molecule has 1 heterocycles. The molecular weight excluding hydrogens is 384 g/mol. The highest BCUT2D eigenvalue weighted by atomic mass is 16.5. The molecule has 7 heteroatoms. The molecule has 1 aliphatic heterocycles. The van der Waals surface area contributed by atoms with Crippen LogP contribution in [0.15, 0.2) is 59.8 Å². The lowest BCUT2D eigenvalue weighted by atomic mass is 9.94. The maximum absolute atomic E-state index is 13.0. The van der Waals surface area contributed by atoms with Crippen LogP contribution in [0.1, 0.15) is 37.9 Å². The molecule has 158 valence electrons. The number of esters is 1. The second kappa shape index (κ2) is 9.82. The zero-order valence-electron chi connectivity index (χ0n) is 17.4. The Hall–Kier alpha value is -3.48. The van der Waals surface area contributed by atoms with Gasteiger partial charge in [0.15, 0.2) is 0 Å². The van der Waals surface area contributed by atoms with E-state index in [9.17, 15) is 9.59 Å². The summed E-state index contributed by atoms with van der Waals surface area (Å²) < 4.78 is 16.9. The van der Waals surface area contributed by atoms with Crippen LogP contribution in [0, 0.1) is 0 Å². The van der Waals surface area contributed by atoms with Gasteiger partial charge in [-0.05, 0) is 38.5 Å². The fourth-order valence-corrected chi connectivity index (χ4v) is 3.29. The molecule has 7 nitrogen and oxygen atoms in total. The van der Waals surface area contributed by atoms with E-state index >= 15 is 0 Å². The highest BCUT2D eigenvalue weighted by molar-refractivity contribution is 5.95. The van der Waals surface area contributed by atoms with Crippen LogP contribution in [0.5, 0.6) is 11.5 Å². The predicted molar refractivity (Wildman–Crippen MR) is 112 cm³/mol. The molecule has 1 atom stereocenters. The van der Waals surface area contributed by atoms with Crippen molar-refractivity contribution in [1.82, 2.24) is 10.6 Å². The molecule has 30 heavy (non-hydrogen) atoms. The first kappa shape index (κ1) is 21.2. The van der Waals surface area contributed by atoms with Gasteiger partial charge in [0.25, 0.3) is 0 Å². The lowest BCUT2D eigenvalue weighted by Crippen LogP contribution is -2.45. The topological polar surface area (TPSA) is 85.9 Å². The Labute approximate surface area is 176 Å². The molecular formula is C23H26N2O5. The van der Waals surface area contributed by atoms with Crippen molar-refractivity contribution in [3.05, 3.63) is 70.9 Å². The summed E-state index contributed by atoms with van der Waals surface area (Å²) in [4.78, 5) is 25.1. The van der Waals surface area contributed by atoms with Crippen LogP contribution < -0.4 is 20.1 Å². The highest BCUT2D eigenvalue weighted by Gasteiger charge is 2.34. The molecule has 0 aliphatic carbocycles. The van der Waals surface area contributed by atoms with Crippen molar-refractivity contribution < 1.29 is 23.8 Å². The first-order valence-corrected chi connectivity index (χ1v) is 9.92. The fraction of sp³-hybridized carbons (Fsp3) is 0.304. The summed E-state index contributed by atoms with van der Waals surface area (Å²) in [6.07, 6.45) is 0. The van der Waals surface area contributed by atoms with E-state index in [1.807, 2.05) is 44.2 Å². The van der Waals surface area contributed by atoms with Crippen LogP contribution in [-0.2, 0) is 16.1 Å². The van der Waals surface area contributed by atoms with Crippen LogP contribution in [0.25, 0.3) is 0 Å². The fourth-order valence-electron chi connectivity index (χ4n) is 3.29. The van der Waals surface area contributed by atoms with E-state index in [0.29, 0.717) is 41.5 Å². The summed E-state index contributed by atoms with van der Waals surface area (Å²) in [7, 11) is 0. The number of ether oxygens (including phenoxy) is 3. The third kappa shape index (κ3) is 4.92. The summed E-state index contributed by atoms with van der Waals surface area (Å²) in [6.45, 7) is 6.53. The van der Waals surface area contributed by atoms with Crippen molar-refractivity contribution in [1.29, 1.82) is 0 Å². The molecule has 0 fully saturated rings. The Balaban J connectivity index is 1.92. The van der Waals surface area contributed by atoms with Gasteiger partial charge in [0.05, 0.1) is 24.8 Å². The number of nitrogens with one attached hydrogen (secondary N) is 2. The molecule has 0 saturated heterocycles. The Morgan fingerprint density at radius 1 is 1.03 bits per heavy atom. The van der Waals surface area contributed by atoms with Crippen molar-refractivity contribution in [3.8, 4) is 11.5 Å². The Morgan fingerprint density at radius 3 is 2.47 bits per heavy atom. The standard InChI is InChI=1S/C23H26N2O5/c1-4-28-17-11-12-18(19(13-17)29-5-2)21-20(15(3)24-23(27)25-21)22(26)30-14-16-9-7-6-8-10-16/h6-13,21H,4-5,14H2,1-3H3,(H2,24,25,27). The summed E-state index contributed by atoms with van der Waals surface area (Å²) in [5, 5.41) is 5.47. The van der Waals surface area contributed by atoms with E-state index < -0.39 is 18.0 Å². The second-order valence-electron chi connectivity index (χ2n) is 6.70.